The van der Waals surface area contributed by atoms with Crippen LogP contribution in [0.1, 0.15) is 62.6 Å². The van der Waals surface area contributed by atoms with E-state index in [4.69, 9.17) is 19.6 Å². The van der Waals surface area contributed by atoms with Crippen molar-refractivity contribution in [1.82, 2.24) is 14.8 Å². The smallest absolute Gasteiger partial charge is 0.306 e. The third-order valence-electron chi connectivity index (χ3n) is 7.92. The molecule has 0 aliphatic carbocycles. The molecule has 8 heteroatoms. The standard InChI is InChI=1S/C30H32FN3O4/c1-18(30(35)36)14-25-23-16-26-21(17-32-34(26)27-4-2-3-11-38-27)15-24(23)28(19-5-7-22(31)8-6-19)29(33-25)20-9-12-37-13-10-20/h5-8,15-18,20,27H,2-4,9-14H2,1H3,(H,35,36). The van der Waals surface area contributed by atoms with Crippen LogP contribution in [0.4, 0.5) is 4.39 Å². The molecule has 4 heterocycles. The lowest BCUT2D eigenvalue weighted by Crippen LogP contribution is -2.19. The number of aliphatic carboxylic acids is 1. The van der Waals surface area contributed by atoms with E-state index in [-0.39, 0.29) is 18.0 Å². The van der Waals surface area contributed by atoms with Crippen molar-refractivity contribution in [3.8, 4) is 11.1 Å². The fourth-order valence-corrected chi connectivity index (χ4v) is 5.80. The Bertz CT molecular complexity index is 1470. The maximum Gasteiger partial charge on any atom is 0.306 e. The van der Waals surface area contributed by atoms with Crippen molar-refractivity contribution in [3.63, 3.8) is 0 Å². The van der Waals surface area contributed by atoms with Crippen LogP contribution in [0.3, 0.4) is 0 Å². The van der Waals surface area contributed by atoms with Crippen LogP contribution >= 0.6 is 0 Å². The summed E-state index contributed by atoms with van der Waals surface area (Å²) in [6.45, 7) is 3.74. The van der Waals surface area contributed by atoms with E-state index >= 15 is 0 Å². The molecule has 0 amide bonds. The number of fused-ring (bicyclic) bond motifs is 2. The molecule has 7 nitrogen and oxygen atoms in total. The lowest BCUT2D eigenvalue weighted by molar-refractivity contribution is -0.141. The van der Waals surface area contributed by atoms with Crippen molar-refractivity contribution < 1.29 is 23.8 Å². The third kappa shape index (κ3) is 4.67. The van der Waals surface area contributed by atoms with Crippen molar-refractivity contribution >= 4 is 27.6 Å². The monoisotopic (exact) mass is 517 g/mol. The number of hydrogen-bond donors (Lipinski definition) is 1. The van der Waals surface area contributed by atoms with Crippen molar-refractivity contribution in [2.24, 2.45) is 5.92 Å². The molecule has 38 heavy (non-hydrogen) atoms. The van der Waals surface area contributed by atoms with Crippen LogP contribution < -0.4 is 0 Å². The van der Waals surface area contributed by atoms with Gasteiger partial charge in [-0.05, 0) is 67.3 Å². The topological polar surface area (TPSA) is 86.5 Å². The van der Waals surface area contributed by atoms with Gasteiger partial charge >= 0.3 is 5.97 Å². The van der Waals surface area contributed by atoms with Crippen molar-refractivity contribution in [2.45, 2.75) is 57.6 Å². The average Bonchev–Trinajstić information content (AvgIpc) is 3.36. The van der Waals surface area contributed by atoms with Crippen LogP contribution in [0.25, 0.3) is 32.8 Å². The SMILES string of the molecule is CC(Cc1nc(C2CCOCC2)c(-c2ccc(F)cc2)c2cc3cnn(C4CCCCO4)c3cc12)C(=O)O. The Balaban J connectivity index is 1.62. The number of carbonyl (C=O) groups is 1. The van der Waals surface area contributed by atoms with E-state index in [1.807, 2.05) is 10.9 Å². The van der Waals surface area contributed by atoms with Gasteiger partial charge in [0.15, 0.2) is 6.23 Å². The van der Waals surface area contributed by atoms with Crippen LogP contribution in [-0.4, -0.2) is 45.7 Å². The molecular weight excluding hydrogens is 485 g/mol. The number of benzene rings is 2. The quantitative estimate of drug-likeness (QED) is 0.326. The highest BCUT2D eigenvalue weighted by molar-refractivity contribution is 6.06. The van der Waals surface area contributed by atoms with Crippen molar-refractivity contribution in [3.05, 3.63) is 59.8 Å². The molecule has 1 N–H and O–H groups in total. The fourth-order valence-electron chi connectivity index (χ4n) is 5.80. The molecule has 2 aromatic carbocycles. The minimum Gasteiger partial charge on any atom is -0.481 e. The first kappa shape index (κ1) is 24.9. The highest BCUT2D eigenvalue weighted by Crippen LogP contribution is 2.41. The van der Waals surface area contributed by atoms with Crippen LogP contribution in [0.15, 0.2) is 42.6 Å². The maximum atomic E-state index is 13.9. The largest absolute Gasteiger partial charge is 0.481 e. The van der Waals surface area contributed by atoms with E-state index in [0.29, 0.717) is 26.2 Å². The molecule has 2 atom stereocenters. The second-order valence-electron chi connectivity index (χ2n) is 10.5. The molecule has 2 aliphatic heterocycles. The van der Waals surface area contributed by atoms with Gasteiger partial charge in [0.1, 0.15) is 5.82 Å². The first-order chi connectivity index (χ1) is 18.5. The second-order valence-corrected chi connectivity index (χ2v) is 10.5. The molecule has 6 rings (SSSR count). The summed E-state index contributed by atoms with van der Waals surface area (Å²) in [6.07, 6.45) is 6.77. The fraction of sp³-hybridized carbons (Fsp3) is 0.433. The molecule has 0 saturated carbocycles. The number of pyridine rings is 1. The van der Waals surface area contributed by atoms with Crippen molar-refractivity contribution in [2.75, 3.05) is 19.8 Å². The Labute approximate surface area is 220 Å². The molecule has 198 valence electrons. The minimum atomic E-state index is -0.850. The highest BCUT2D eigenvalue weighted by atomic mass is 19.1. The lowest BCUT2D eigenvalue weighted by atomic mass is 9.85. The Morgan fingerprint density at radius 2 is 1.89 bits per heavy atom. The first-order valence-electron chi connectivity index (χ1n) is 13.5. The Morgan fingerprint density at radius 1 is 1.11 bits per heavy atom. The molecule has 0 radical (unpaired) electrons. The van der Waals surface area contributed by atoms with Gasteiger partial charge in [-0.15, -0.1) is 0 Å². The average molecular weight is 518 g/mol. The van der Waals surface area contributed by atoms with Gasteiger partial charge in [0, 0.05) is 54.2 Å². The molecule has 2 unspecified atom stereocenters. The van der Waals surface area contributed by atoms with Gasteiger partial charge in [-0.3, -0.25) is 9.78 Å². The molecule has 2 fully saturated rings. The van der Waals surface area contributed by atoms with Crippen LogP contribution in [0, 0.1) is 11.7 Å². The number of hydrogen-bond acceptors (Lipinski definition) is 5. The zero-order valence-electron chi connectivity index (χ0n) is 21.5. The zero-order valence-corrected chi connectivity index (χ0v) is 21.5. The van der Waals surface area contributed by atoms with Crippen LogP contribution in [0.5, 0.6) is 0 Å². The second kappa shape index (κ2) is 10.4. The van der Waals surface area contributed by atoms with E-state index < -0.39 is 11.9 Å². The molecule has 2 aromatic heterocycles. The van der Waals surface area contributed by atoms with Crippen LogP contribution in [-0.2, 0) is 20.7 Å². The van der Waals surface area contributed by atoms with Gasteiger partial charge in [0.2, 0.25) is 0 Å². The van der Waals surface area contributed by atoms with Crippen molar-refractivity contribution in [1.29, 1.82) is 0 Å². The number of rotatable bonds is 6. The Hall–Kier alpha value is -3.36. The minimum absolute atomic E-state index is 0.119. The Kier molecular flexibility index (Phi) is 6.84. The van der Waals surface area contributed by atoms with Gasteiger partial charge in [0.05, 0.1) is 23.3 Å². The predicted octanol–water partition coefficient (Wildman–Crippen LogP) is 6.25. The molecule has 4 aromatic rings. The summed E-state index contributed by atoms with van der Waals surface area (Å²) in [6, 6.07) is 10.8. The van der Waals surface area contributed by atoms with E-state index in [1.165, 1.54) is 12.1 Å². The first-order valence-corrected chi connectivity index (χ1v) is 13.5. The summed E-state index contributed by atoms with van der Waals surface area (Å²) < 4.78 is 27.5. The number of aromatic nitrogens is 3. The number of halogens is 1. The summed E-state index contributed by atoms with van der Waals surface area (Å²) in [7, 11) is 0. The molecule has 0 bridgehead atoms. The number of ether oxygens (including phenoxy) is 2. The normalized spacial score (nSPS) is 19.7. The molecule has 2 saturated heterocycles. The summed E-state index contributed by atoms with van der Waals surface area (Å²) in [5, 5.41) is 17.3. The van der Waals surface area contributed by atoms with Gasteiger partial charge in [-0.1, -0.05) is 19.1 Å². The summed E-state index contributed by atoms with van der Waals surface area (Å²) >= 11 is 0. The summed E-state index contributed by atoms with van der Waals surface area (Å²) in [4.78, 5) is 17.1. The van der Waals surface area contributed by atoms with Gasteiger partial charge in [-0.25, -0.2) is 9.07 Å². The molecule has 2 aliphatic rings. The molecule has 0 spiro atoms. The number of nitrogens with zero attached hydrogens (tertiary/aromatic N) is 3. The number of carboxylic acid groups (broad SMARTS) is 1. The summed E-state index contributed by atoms with van der Waals surface area (Å²) in [5.41, 5.74) is 4.51. The van der Waals surface area contributed by atoms with E-state index in [9.17, 15) is 14.3 Å². The maximum absolute atomic E-state index is 13.9. The summed E-state index contributed by atoms with van der Waals surface area (Å²) in [5.74, 6) is -1.56. The lowest BCUT2D eigenvalue weighted by Gasteiger charge is -2.26. The van der Waals surface area contributed by atoms with Crippen LogP contribution in [0.2, 0.25) is 0 Å². The van der Waals surface area contributed by atoms with E-state index in [0.717, 1.165) is 76.3 Å². The third-order valence-corrected chi connectivity index (χ3v) is 7.92. The van der Waals surface area contributed by atoms with E-state index in [2.05, 4.69) is 12.1 Å². The highest BCUT2D eigenvalue weighted by Gasteiger charge is 2.27. The van der Waals surface area contributed by atoms with E-state index in [1.54, 1.807) is 19.1 Å². The Morgan fingerprint density at radius 3 is 2.61 bits per heavy atom. The zero-order chi connectivity index (χ0) is 26.2. The number of carboxylic acids is 1. The van der Waals surface area contributed by atoms with Gasteiger partial charge in [-0.2, -0.15) is 5.10 Å². The van der Waals surface area contributed by atoms with Gasteiger partial charge in [0.25, 0.3) is 0 Å². The van der Waals surface area contributed by atoms with Gasteiger partial charge < -0.3 is 14.6 Å². The predicted molar refractivity (Wildman–Crippen MR) is 143 cm³/mol. The molecular formula is C30H32FN3O4.